The van der Waals surface area contributed by atoms with Crippen molar-refractivity contribution in [1.82, 2.24) is 14.4 Å². The van der Waals surface area contributed by atoms with Crippen LogP contribution in [0.1, 0.15) is 36.0 Å². The van der Waals surface area contributed by atoms with Crippen molar-refractivity contribution in [3.8, 4) is 0 Å². The van der Waals surface area contributed by atoms with Gasteiger partial charge < -0.3 is 9.51 Å². The smallest absolute Gasteiger partial charge is 0.249 e. The molecule has 7 heteroatoms. The number of rotatable bonds is 3. The largest absolute Gasteiger partial charge is 0.364 e. The molecule has 0 saturated carbocycles. The Kier molecular flexibility index (Phi) is 3.18. The van der Waals surface area contributed by atoms with Gasteiger partial charge in [-0.3, -0.25) is 0 Å². The Bertz CT molecular complexity index is 684. The molecular weight excluding hydrogens is 278 g/mol. The summed E-state index contributed by atoms with van der Waals surface area (Å²) < 4.78 is 32.3. The van der Waals surface area contributed by atoms with Crippen LogP contribution in [0.15, 0.2) is 27.7 Å². The average molecular weight is 295 g/mol. The van der Waals surface area contributed by atoms with Crippen LogP contribution in [-0.4, -0.2) is 29.4 Å². The van der Waals surface area contributed by atoms with Gasteiger partial charge in [0, 0.05) is 18.4 Å². The van der Waals surface area contributed by atoms with E-state index < -0.39 is 10.0 Å². The van der Waals surface area contributed by atoms with Crippen LogP contribution >= 0.6 is 0 Å². The fourth-order valence-corrected chi connectivity index (χ4v) is 4.82. The summed E-state index contributed by atoms with van der Waals surface area (Å²) in [5.41, 5.74) is 1.34. The monoisotopic (exact) mass is 295 g/mol. The van der Waals surface area contributed by atoms with E-state index in [0.29, 0.717) is 18.0 Å². The van der Waals surface area contributed by atoms with E-state index in [1.165, 1.54) is 0 Å². The van der Waals surface area contributed by atoms with Gasteiger partial charge in [-0.15, -0.1) is 0 Å². The highest BCUT2D eigenvalue weighted by Gasteiger charge is 2.39. The Balaban J connectivity index is 2.03. The molecule has 0 spiro atoms. The first kappa shape index (κ1) is 13.4. The van der Waals surface area contributed by atoms with E-state index in [2.05, 4.69) is 10.1 Å². The van der Waals surface area contributed by atoms with Gasteiger partial charge >= 0.3 is 0 Å². The molecule has 0 amide bonds. The van der Waals surface area contributed by atoms with Crippen molar-refractivity contribution in [2.45, 2.75) is 37.6 Å². The molecule has 0 bridgehead atoms. The molecule has 2 aromatic heterocycles. The molecule has 1 fully saturated rings. The lowest BCUT2D eigenvalue weighted by Crippen LogP contribution is -2.31. The molecule has 3 rings (SSSR count). The number of H-pyrrole nitrogens is 1. The van der Waals surface area contributed by atoms with Gasteiger partial charge in [0.15, 0.2) is 5.76 Å². The number of hydrogen-bond acceptors (Lipinski definition) is 4. The maximum absolute atomic E-state index is 12.9. The molecule has 1 aliphatic heterocycles. The Hall–Kier alpha value is -1.60. The Morgan fingerprint density at radius 2 is 2.25 bits per heavy atom. The second kappa shape index (κ2) is 4.75. The molecule has 0 radical (unpaired) electrons. The van der Waals surface area contributed by atoms with Crippen LogP contribution in [0.5, 0.6) is 0 Å². The number of nitrogens with one attached hydrogen (secondary N) is 1. The summed E-state index contributed by atoms with van der Waals surface area (Å²) in [6.45, 7) is 3.81. The summed E-state index contributed by atoms with van der Waals surface area (Å²) in [6.07, 6.45) is 3.49. The zero-order valence-corrected chi connectivity index (χ0v) is 12.3. The van der Waals surface area contributed by atoms with Crippen molar-refractivity contribution in [2.24, 2.45) is 0 Å². The van der Waals surface area contributed by atoms with Gasteiger partial charge in [-0.05, 0) is 38.8 Å². The fraction of sp³-hybridized carbons (Fsp3) is 0.462. The third-order valence-electron chi connectivity index (χ3n) is 3.72. The number of aromatic nitrogens is 2. The Morgan fingerprint density at radius 3 is 2.85 bits per heavy atom. The van der Waals surface area contributed by atoms with Gasteiger partial charge in [-0.2, -0.15) is 4.31 Å². The maximum atomic E-state index is 12.9. The van der Waals surface area contributed by atoms with Gasteiger partial charge in [0.1, 0.15) is 10.6 Å². The van der Waals surface area contributed by atoms with E-state index in [4.69, 9.17) is 4.52 Å². The molecule has 1 aliphatic rings. The molecule has 20 heavy (non-hydrogen) atoms. The molecule has 3 heterocycles. The quantitative estimate of drug-likeness (QED) is 0.941. The fourth-order valence-electron chi connectivity index (χ4n) is 2.85. The SMILES string of the molecule is Cc1noc(C)c1S(=O)(=O)N1CCC[C@H]1c1ccc[nH]1. The second-order valence-electron chi connectivity index (χ2n) is 5.05. The molecule has 1 N–H and O–H groups in total. The lowest BCUT2D eigenvalue weighted by Gasteiger charge is -2.23. The van der Waals surface area contributed by atoms with Crippen LogP contribution in [0.4, 0.5) is 0 Å². The predicted octanol–water partition coefficient (Wildman–Crippen LogP) is 2.15. The van der Waals surface area contributed by atoms with Gasteiger partial charge in [0.2, 0.25) is 10.0 Å². The van der Waals surface area contributed by atoms with Gasteiger partial charge in [-0.25, -0.2) is 8.42 Å². The maximum Gasteiger partial charge on any atom is 0.249 e. The molecule has 1 saturated heterocycles. The Morgan fingerprint density at radius 1 is 1.45 bits per heavy atom. The Labute approximate surface area is 117 Å². The van der Waals surface area contributed by atoms with Gasteiger partial charge in [0.25, 0.3) is 0 Å². The number of sulfonamides is 1. The minimum absolute atomic E-state index is 0.135. The van der Waals surface area contributed by atoms with Crippen LogP contribution in [-0.2, 0) is 10.0 Å². The number of nitrogens with zero attached hydrogens (tertiary/aromatic N) is 2. The normalized spacial score (nSPS) is 20.6. The van der Waals surface area contributed by atoms with E-state index in [-0.39, 0.29) is 10.9 Å². The molecule has 0 aromatic carbocycles. The summed E-state index contributed by atoms with van der Waals surface area (Å²) in [7, 11) is -3.57. The molecule has 1 atom stereocenters. The molecular formula is C13H17N3O3S. The first-order valence-electron chi connectivity index (χ1n) is 6.60. The molecule has 0 aliphatic carbocycles. The van der Waals surface area contributed by atoms with Crippen LogP contribution < -0.4 is 0 Å². The van der Waals surface area contributed by atoms with Crippen LogP contribution in [0.2, 0.25) is 0 Å². The van der Waals surface area contributed by atoms with Crippen LogP contribution in [0.3, 0.4) is 0 Å². The molecule has 6 nitrogen and oxygen atoms in total. The molecule has 0 unspecified atom stereocenters. The minimum atomic E-state index is -3.57. The lowest BCUT2D eigenvalue weighted by molar-refractivity contribution is 0.382. The summed E-state index contributed by atoms with van der Waals surface area (Å²) in [6, 6.07) is 3.67. The van der Waals surface area contributed by atoms with E-state index in [1.807, 2.05) is 18.3 Å². The summed E-state index contributed by atoms with van der Waals surface area (Å²) >= 11 is 0. The average Bonchev–Trinajstić information content (AvgIpc) is 3.08. The third-order valence-corrected chi connectivity index (χ3v) is 5.87. The van der Waals surface area contributed by atoms with Crippen LogP contribution in [0.25, 0.3) is 0 Å². The number of hydrogen-bond donors (Lipinski definition) is 1. The topological polar surface area (TPSA) is 79.2 Å². The van der Waals surface area contributed by atoms with E-state index in [1.54, 1.807) is 18.2 Å². The third kappa shape index (κ3) is 1.97. The van der Waals surface area contributed by atoms with Crippen molar-refractivity contribution in [3.63, 3.8) is 0 Å². The standard InChI is InChI=1S/C13H17N3O3S/c1-9-13(10(2)19-15-9)20(17,18)16-8-4-6-12(16)11-5-3-7-14-11/h3,5,7,12,14H,4,6,8H2,1-2H3/t12-/m0/s1. The van der Waals surface area contributed by atoms with Crippen molar-refractivity contribution in [2.75, 3.05) is 6.54 Å². The number of aryl methyl sites for hydroxylation is 2. The highest BCUT2D eigenvalue weighted by atomic mass is 32.2. The minimum Gasteiger partial charge on any atom is -0.364 e. The highest BCUT2D eigenvalue weighted by Crippen LogP contribution is 2.37. The summed E-state index contributed by atoms with van der Waals surface area (Å²) in [5.74, 6) is 0.347. The van der Waals surface area contributed by atoms with E-state index >= 15 is 0 Å². The van der Waals surface area contributed by atoms with E-state index in [9.17, 15) is 8.42 Å². The zero-order chi connectivity index (χ0) is 14.3. The van der Waals surface area contributed by atoms with Gasteiger partial charge in [-0.1, -0.05) is 5.16 Å². The summed E-state index contributed by atoms with van der Waals surface area (Å²) in [5, 5.41) is 3.75. The van der Waals surface area contributed by atoms with Crippen molar-refractivity contribution in [1.29, 1.82) is 0 Å². The first-order valence-corrected chi connectivity index (χ1v) is 8.04. The zero-order valence-electron chi connectivity index (χ0n) is 11.5. The van der Waals surface area contributed by atoms with Crippen molar-refractivity contribution < 1.29 is 12.9 Å². The van der Waals surface area contributed by atoms with Crippen molar-refractivity contribution >= 4 is 10.0 Å². The predicted molar refractivity (Wildman–Crippen MR) is 72.6 cm³/mol. The van der Waals surface area contributed by atoms with Crippen molar-refractivity contribution in [3.05, 3.63) is 35.5 Å². The number of aromatic amines is 1. The second-order valence-corrected chi connectivity index (χ2v) is 6.88. The lowest BCUT2D eigenvalue weighted by atomic mass is 10.2. The molecule has 2 aromatic rings. The molecule has 108 valence electrons. The summed E-state index contributed by atoms with van der Waals surface area (Å²) in [4.78, 5) is 3.32. The van der Waals surface area contributed by atoms with Gasteiger partial charge in [0.05, 0.1) is 6.04 Å². The van der Waals surface area contributed by atoms with Crippen LogP contribution in [0, 0.1) is 13.8 Å². The first-order chi connectivity index (χ1) is 9.51. The van der Waals surface area contributed by atoms with E-state index in [0.717, 1.165) is 18.5 Å². The highest BCUT2D eigenvalue weighted by molar-refractivity contribution is 7.89.